The van der Waals surface area contributed by atoms with Crippen LogP contribution in [0.3, 0.4) is 0 Å². The molecule has 1 aliphatic rings. The van der Waals surface area contributed by atoms with Gasteiger partial charge in [-0.3, -0.25) is 4.90 Å². The first-order chi connectivity index (χ1) is 10.2. The van der Waals surface area contributed by atoms with E-state index in [0.717, 1.165) is 42.1 Å². The zero-order valence-corrected chi connectivity index (χ0v) is 13.8. The molecule has 0 aromatic carbocycles. The van der Waals surface area contributed by atoms with Crippen LogP contribution in [0.25, 0.3) is 10.2 Å². The van der Waals surface area contributed by atoms with Gasteiger partial charge < -0.3 is 5.73 Å². The summed E-state index contributed by atoms with van der Waals surface area (Å²) in [7, 11) is 0. The highest BCUT2D eigenvalue weighted by Gasteiger charge is 2.19. The van der Waals surface area contributed by atoms with Gasteiger partial charge in [0.15, 0.2) is 0 Å². The molecule has 0 saturated carbocycles. The Morgan fingerprint density at radius 2 is 1.86 bits per heavy atom. The number of nitrogen functional groups attached to an aromatic ring is 1. The number of aromatic nitrogens is 2. The standard InChI is InChI=1S/C16H24N4S/c1-3-20(4-2)10-13-18-15(17)14-11-8-6-5-7-9-12(11)21-16(14)19-13/h3-10H2,1-2H3,(H2,17,18,19). The molecule has 0 saturated heterocycles. The monoisotopic (exact) mass is 304 g/mol. The summed E-state index contributed by atoms with van der Waals surface area (Å²) in [4.78, 5) is 14.3. The second kappa shape index (κ2) is 6.28. The van der Waals surface area contributed by atoms with Gasteiger partial charge in [-0.05, 0) is 44.3 Å². The minimum Gasteiger partial charge on any atom is -0.383 e. The van der Waals surface area contributed by atoms with Gasteiger partial charge >= 0.3 is 0 Å². The minimum atomic E-state index is 0.682. The first kappa shape index (κ1) is 14.7. The van der Waals surface area contributed by atoms with Gasteiger partial charge in [0.05, 0.1) is 11.9 Å². The van der Waals surface area contributed by atoms with Gasteiger partial charge in [0.1, 0.15) is 16.5 Å². The third kappa shape index (κ3) is 2.90. The van der Waals surface area contributed by atoms with E-state index in [9.17, 15) is 0 Å². The molecule has 114 valence electrons. The molecule has 5 heteroatoms. The molecular weight excluding hydrogens is 280 g/mol. The number of nitrogens with zero attached hydrogens (tertiary/aromatic N) is 3. The number of fused-ring (bicyclic) bond motifs is 3. The number of aryl methyl sites for hydroxylation is 2. The van der Waals surface area contributed by atoms with Crippen molar-refractivity contribution in [3.8, 4) is 0 Å². The lowest BCUT2D eigenvalue weighted by Gasteiger charge is -2.16. The Kier molecular flexibility index (Phi) is 4.40. The molecule has 0 unspecified atom stereocenters. The van der Waals surface area contributed by atoms with Crippen LogP contribution in [0.4, 0.5) is 5.82 Å². The van der Waals surface area contributed by atoms with Crippen LogP contribution in [-0.2, 0) is 19.4 Å². The van der Waals surface area contributed by atoms with E-state index in [0.29, 0.717) is 5.82 Å². The molecule has 21 heavy (non-hydrogen) atoms. The quantitative estimate of drug-likeness (QED) is 0.880. The van der Waals surface area contributed by atoms with E-state index < -0.39 is 0 Å². The van der Waals surface area contributed by atoms with Crippen molar-refractivity contribution in [2.24, 2.45) is 0 Å². The van der Waals surface area contributed by atoms with Gasteiger partial charge in [0.25, 0.3) is 0 Å². The van der Waals surface area contributed by atoms with Crippen molar-refractivity contribution in [3.05, 3.63) is 16.3 Å². The lowest BCUT2D eigenvalue weighted by molar-refractivity contribution is 0.289. The van der Waals surface area contributed by atoms with E-state index in [2.05, 4.69) is 23.7 Å². The normalized spacial score (nSPS) is 15.4. The fourth-order valence-electron chi connectivity index (χ4n) is 3.13. The maximum atomic E-state index is 6.27. The van der Waals surface area contributed by atoms with Crippen LogP contribution in [0.15, 0.2) is 0 Å². The maximum Gasteiger partial charge on any atom is 0.146 e. The molecule has 2 N–H and O–H groups in total. The molecule has 1 aliphatic carbocycles. The van der Waals surface area contributed by atoms with Crippen molar-refractivity contribution in [3.63, 3.8) is 0 Å². The second-order valence-electron chi connectivity index (χ2n) is 5.73. The molecule has 3 rings (SSSR count). The maximum absolute atomic E-state index is 6.27. The summed E-state index contributed by atoms with van der Waals surface area (Å²) in [5, 5.41) is 1.14. The number of nitrogens with two attached hydrogens (primary N) is 1. The third-order valence-corrected chi connectivity index (χ3v) is 5.58. The van der Waals surface area contributed by atoms with E-state index in [1.165, 1.54) is 36.1 Å². The van der Waals surface area contributed by atoms with Crippen LogP contribution >= 0.6 is 11.3 Å². The first-order valence-electron chi connectivity index (χ1n) is 8.01. The number of thiophene rings is 1. The van der Waals surface area contributed by atoms with Gasteiger partial charge in [0, 0.05) is 4.88 Å². The van der Waals surface area contributed by atoms with Gasteiger partial charge in [-0.25, -0.2) is 9.97 Å². The fourth-order valence-corrected chi connectivity index (χ4v) is 4.41. The smallest absolute Gasteiger partial charge is 0.146 e. The average molecular weight is 304 g/mol. The van der Waals surface area contributed by atoms with Crippen molar-refractivity contribution >= 4 is 27.4 Å². The zero-order chi connectivity index (χ0) is 14.8. The molecule has 0 bridgehead atoms. The van der Waals surface area contributed by atoms with Crippen molar-refractivity contribution in [2.75, 3.05) is 18.8 Å². The lowest BCUT2D eigenvalue weighted by Crippen LogP contribution is -2.23. The lowest BCUT2D eigenvalue weighted by atomic mass is 10.1. The second-order valence-corrected chi connectivity index (χ2v) is 6.81. The van der Waals surface area contributed by atoms with Crippen LogP contribution in [0.5, 0.6) is 0 Å². The summed E-state index contributed by atoms with van der Waals surface area (Å²) in [5.74, 6) is 1.54. The Morgan fingerprint density at radius 3 is 2.62 bits per heavy atom. The number of rotatable bonds is 4. The molecule has 0 spiro atoms. The van der Waals surface area contributed by atoms with Crippen LogP contribution in [-0.4, -0.2) is 28.0 Å². The van der Waals surface area contributed by atoms with Crippen LogP contribution < -0.4 is 5.73 Å². The molecule has 0 radical (unpaired) electrons. The molecule has 0 amide bonds. The van der Waals surface area contributed by atoms with Gasteiger partial charge in [0.2, 0.25) is 0 Å². The molecule has 2 aromatic heterocycles. The Bertz CT molecular complexity index is 631. The highest BCUT2D eigenvalue weighted by molar-refractivity contribution is 7.18. The van der Waals surface area contributed by atoms with Crippen LogP contribution in [0.1, 0.15) is 49.4 Å². The first-order valence-corrected chi connectivity index (χ1v) is 8.83. The SMILES string of the molecule is CCN(CC)Cc1nc(N)c2c3c(sc2n1)CCCCC3. The minimum absolute atomic E-state index is 0.682. The molecule has 0 atom stereocenters. The third-order valence-electron chi connectivity index (χ3n) is 4.40. The molecule has 0 fully saturated rings. The fraction of sp³-hybridized carbons (Fsp3) is 0.625. The molecule has 0 aliphatic heterocycles. The zero-order valence-electron chi connectivity index (χ0n) is 13.0. The van der Waals surface area contributed by atoms with Crippen molar-refractivity contribution in [1.29, 1.82) is 0 Å². The Labute approximate surface area is 130 Å². The van der Waals surface area contributed by atoms with Crippen molar-refractivity contribution in [1.82, 2.24) is 14.9 Å². The molecule has 2 aromatic rings. The molecule has 2 heterocycles. The highest BCUT2D eigenvalue weighted by atomic mass is 32.1. The predicted molar refractivity (Wildman–Crippen MR) is 89.7 cm³/mol. The number of anilines is 1. The average Bonchev–Trinajstić information content (AvgIpc) is 2.67. The van der Waals surface area contributed by atoms with Crippen molar-refractivity contribution in [2.45, 2.75) is 52.5 Å². The Morgan fingerprint density at radius 1 is 1.10 bits per heavy atom. The topological polar surface area (TPSA) is 55.0 Å². The van der Waals surface area contributed by atoms with Gasteiger partial charge in [-0.15, -0.1) is 11.3 Å². The van der Waals surface area contributed by atoms with E-state index in [1.807, 2.05) is 11.3 Å². The number of hydrogen-bond donors (Lipinski definition) is 1. The van der Waals surface area contributed by atoms with E-state index >= 15 is 0 Å². The Hall–Kier alpha value is -1.20. The van der Waals surface area contributed by atoms with Gasteiger partial charge in [-0.1, -0.05) is 20.3 Å². The van der Waals surface area contributed by atoms with Crippen LogP contribution in [0.2, 0.25) is 0 Å². The summed E-state index contributed by atoms with van der Waals surface area (Å²) in [6.45, 7) is 7.14. The summed E-state index contributed by atoms with van der Waals surface area (Å²) < 4.78 is 0. The predicted octanol–water partition coefficient (Wildman–Crippen LogP) is 3.38. The van der Waals surface area contributed by atoms with Crippen molar-refractivity contribution < 1.29 is 0 Å². The van der Waals surface area contributed by atoms with Gasteiger partial charge in [-0.2, -0.15) is 0 Å². The Balaban J connectivity index is 2.01. The number of hydrogen-bond acceptors (Lipinski definition) is 5. The highest BCUT2D eigenvalue weighted by Crippen LogP contribution is 2.37. The summed E-state index contributed by atoms with van der Waals surface area (Å²) in [5.41, 5.74) is 7.70. The summed E-state index contributed by atoms with van der Waals surface area (Å²) in [6, 6.07) is 0. The van der Waals surface area contributed by atoms with Crippen LogP contribution in [0, 0.1) is 0 Å². The van der Waals surface area contributed by atoms with E-state index in [4.69, 9.17) is 10.7 Å². The molecule has 4 nitrogen and oxygen atoms in total. The summed E-state index contributed by atoms with van der Waals surface area (Å²) in [6.07, 6.45) is 6.20. The molecular formula is C16H24N4S. The largest absolute Gasteiger partial charge is 0.383 e. The van der Waals surface area contributed by atoms with E-state index in [1.54, 1.807) is 0 Å². The summed E-state index contributed by atoms with van der Waals surface area (Å²) >= 11 is 1.83. The van der Waals surface area contributed by atoms with E-state index in [-0.39, 0.29) is 0 Å².